The fourth-order valence-electron chi connectivity index (χ4n) is 1.65. The van der Waals surface area contributed by atoms with Gasteiger partial charge in [-0.05, 0) is 31.9 Å². The van der Waals surface area contributed by atoms with Crippen LogP contribution < -0.4 is 5.32 Å². The summed E-state index contributed by atoms with van der Waals surface area (Å²) in [6, 6.07) is 6.10. The number of aryl methyl sites for hydroxylation is 2. The maximum Gasteiger partial charge on any atom is 0.224 e. The number of rotatable bonds is 5. The van der Waals surface area contributed by atoms with Gasteiger partial charge in [0, 0.05) is 11.8 Å². The van der Waals surface area contributed by atoms with E-state index in [1.165, 1.54) is 0 Å². The number of carbonyl (C=O) groups excluding carboxylic acids is 1. The van der Waals surface area contributed by atoms with Crippen LogP contribution in [0.25, 0.3) is 0 Å². The number of benzene rings is 1. The van der Waals surface area contributed by atoms with Crippen molar-refractivity contribution in [2.45, 2.75) is 32.7 Å². The van der Waals surface area contributed by atoms with Crippen LogP contribution in [0.3, 0.4) is 0 Å². The minimum atomic E-state index is -0.544. The van der Waals surface area contributed by atoms with Crippen molar-refractivity contribution in [3.63, 3.8) is 0 Å². The zero-order chi connectivity index (χ0) is 13.8. The van der Waals surface area contributed by atoms with Crippen LogP contribution in [0.4, 0.5) is 0 Å². The van der Waals surface area contributed by atoms with Gasteiger partial charge in [0.2, 0.25) is 5.91 Å². The molecule has 2 nitrogen and oxygen atoms in total. The molecule has 0 aliphatic rings. The van der Waals surface area contributed by atoms with E-state index in [-0.39, 0.29) is 5.91 Å². The van der Waals surface area contributed by atoms with E-state index in [0.717, 1.165) is 16.7 Å². The third-order valence-corrected chi connectivity index (χ3v) is 4.07. The van der Waals surface area contributed by atoms with Crippen LogP contribution in [-0.4, -0.2) is 23.2 Å². The minimum Gasteiger partial charge on any atom is -0.348 e. The molecule has 0 saturated heterocycles. The van der Waals surface area contributed by atoms with Crippen LogP contribution in [0.1, 0.15) is 23.6 Å². The molecule has 1 amide bonds. The quantitative estimate of drug-likeness (QED) is 0.828. The smallest absolute Gasteiger partial charge is 0.224 e. The Kier molecular flexibility index (Phi) is 5.48. The molecule has 0 aliphatic carbocycles. The summed E-state index contributed by atoms with van der Waals surface area (Å²) >= 11 is 11.6. The predicted molar refractivity (Wildman–Crippen MR) is 77.6 cm³/mol. The second-order valence-corrected chi connectivity index (χ2v) is 5.52. The average molecular weight is 288 g/mol. The van der Waals surface area contributed by atoms with Crippen LogP contribution in [0.5, 0.6) is 0 Å². The van der Waals surface area contributed by atoms with E-state index in [4.69, 9.17) is 23.2 Å². The molecule has 0 fully saturated rings. The van der Waals surface area contributed by atoms with Crippen LogP contribution >= 0.6 is 23.2 Å². The number of halogens is 2. The van der Waals surface area contributed by atoms with Gasteiger partial charge in [-0.15, -0.1) is 23.2 Å². The topological polar surface area (TPSA) is 29.1 Å². The molecule has 0 spiro atoms. The normalized spacial score (nSPS) is 11.4. The molecule has 1 rings (SSSR count). The van der Waals surface area contributed by atoms with Gasteiger partial charge in [0.05, 0.1) is 12.0 Å². The van der Waals surface area contributed by atoms with Crippen molar-refractivity contribution in [1.29, 1.82) is 0 Å². The molecule has 18 heavy (non-hydrogen) atoms. The second-order valence-electron chi connectivity index (χ2n) is 4.98. The molecule has 0 atom stereocenters. The molecule has 0 aromatic heterocycles. The molecule has 0 radical (unpaired) electrons. The van der Waals surface area contributed by atoms with Crippen LogP contribution in [0.2, 0.25) is 0 Å². The molecule has 100 valence electrons. The number of carbonyl (C=O) groups is 1. The molecule has 1 aromatic carbocycles. The Labute approximate surface area is 119 Å². The zero-order valence-corrected chi connectivity index (χ0v) is 12.5. The van der Waals surface area contributed by atoms with Gasteiger partial charge < -0.3 is 5.32 Å². The summed E-state index contributed by atoms with van der Waals surface area (Å²) in [5.74, 6) is 0.553. The fourth-order valence-corrected chi connectivity index (χ4v) is 2.07. The third kappa shape index (κ3) is 4.18. The van der Waals surface area contributed by atoms with Crippen LogP contribution in [0, 0.1) is 13.8 Å². The molecule has 0 heterocycles. The van der Waals surface area contributed by atoms with Crippen LogP contribution in [0.15, 0.2) is 18.2 Å². The summed E-state index contributed by atoms with van der Waals surface area (Å²) in [6.45, 7) is 5.86. The van der Waals surface area contributed by atoms with Crippen molar-refractivity contribution in [3.8, 4) is 0 Å². The first-order chi connectivity index (χ1) is 8.40. The number of alkyl halides is 2. The molecule has 4 heteroatoms. The lowest BCUT2D eigenvalue weighted by Crippen LogP contribution is -2.49. The largest absolute Gasteiger partial charge is 0.348 e. The maximum atomic E-state index is 12.0. The summed E-state index contributed by atoms with van der Waals surface area (Å²) in [6.07, 6.45) is 0.358. The third-order valence-electron chi connectivity index (χ3n) is 2.89. The van der Waals surface area contributed by atoms with Gasteiger partial charge in [-0.25, -0.2) is 0 Å². The van der Waals surface area contributed by atoms with Crippen molar-refractivity contribution in [2.75, 3.05) is 11.8 Å². The van der Waals surface area contributed by atoms with E-state index in [2.05, 4.69) is 5.32 Å². The first kappa shape index (κ1) is 15.3. The molecular formula is C14H19Cl2NO. The van der Waals surface area contributed by atoms with Crippen molar-refractivity contribution in [2.24, 2.45) is 0 Å². The molecular weight excluding hydrogens is 269 g/mol. The van der Waals surface area contributed by atoms with E-state index in [1.807, 2.05) is 39.0 Å². The Morgan fingerprint density at radius 1 is 1.28 bits per heavy atom. The lowest BCUT2D eigenvalue weighted by Gasteiger charge is -2.26. The molecule has 1 aromatic rings. The Morgan fingerprint density at radius 2 is 1.89 bits per heavy atom. The highest BCUT2D eigenvalue weighted by Gasteiger charge is 2.24. The first-order valence-electron chi connectivity index (χ1n) is 5.89. The highest BCUT2D eigenvalue weighted by atomic mass is 35.5. The summed E-state index contributed by atoms with van der Waals surface area (Å²) in [5.41, 5.74) is 2.77. The summed E-state index contributed by atoms with van der Waals surface area (Å²) < 4.78 is 0. The highest BCUT2D eigenvalue weighted by Crippen LogP contribution is 2.13. The SMILES string of the molecule is Cc1ccc(C)c(CC(=O)NC(C)(CCl)CCl)c1. The van der Waals surface area contributed by atoms with Crippen LogP contribution in [-0.2, 0) is 11.2 Å². The lowest BCUT2D eigenvalue weighted by molar-refractivity contribution is -0.121. The summed E-state index contributed by atoms with van der Waals surface area (Å²) in [4.78, 5) is 12.0. The Hall–Kier alpha value is -0.730. The van der Waals surface area contributed by atoms with Gasteiger partial charge >= 0.3 is 0 Å². The Morgan fingerprint density at radius 3 is 2.44 bits per heavy atom. The number of amides is 1. The lowest BCUT2D eigenvalue weighted by atomic mass is 10.0. The van der Waals surface area contributed by atoms with Crippen molar-refractivity contribution >= 4 is 29.1 Å². The second kappa shape index (κ2) is 6.44. The fraction of sp³-hybridized carbons (Fsp3) is 0.500. The van der Waals surface area contributed by atoms with E-state index >= 15 is 0 Å². The van der Waals surface area contributed by atoms with Gasteiger partial charge in [0.1, 0.15) is 0 Å². The van der Waals surface area contributed by atoms with Crippen molar-refractivity contribution in [3.05, 3.63) is 34.9 Å². The average Bonchev–Trinajstić information content (AvgIpc) is 2.33. The van der Waals surface area contributed by atoms with E-state index in [9.17, 15) is 4.79 Å². The molecule has 1 N–H and O–H groups in total. The van der Waals surface area contributed by atoms with Gasteiger partial charge in [0.25, 0.3) is 0 Å². The summed E-state index contributed by atoms with van der Waals surface area (Å²) in [5, 5.41) is 2.89. The molecule has 0 saturated carbocycles. The van der Waals surface area contributed by atoms with Gasteiger partial charge in [-0.2, -0.15) is 0 Å². The first-order valence-corrected chi connectivity index (χ1v) is 6.96. The minimum absolute atomic E-state index is 0.0486. The van der Waals surface area contributed by atoms with Crippen molar-refractivity contribution in [1.82, 2.24) is 5.32 Å². The number of hydrogen-bond acceptors (Lipinski definition) is 1. The van der Waals surface area contributed by atoms with Gasteiger partial charge in [-0.1, -0.05) is 23.8 Å². The van der Waals surface area contributed by atoms with Crippen molar-refractivity contribution < 1.29 is 4.79 Å². The van der Waals surface area contributed by atoms with Gasteiger partial charge in [0.15, 0.2) is 0 Å². The maximum absolute atomic E-state index is 12.0. The Balaban J connectivity index is 2.73. The molecule has 0 bridgehead atoms. The zero-order valence-electron chi connectivity index (χ0n) is 11.0. The van der Waals surface area contributed by atoms with Gasteiger partial charge in [-0.3, -0.25) is 4.79 Å². The van der Waals surface area contributed by atoms with E-state index in [1.54, 1.807) is 0 Å². The highest BCUT2D eigenvalue weighted by molar-refractivity contribution is 6.22. The number of nitrogens with one attached hydrogen (secondary N) is 1. The van der Waals surface area contributed by atoms with E-state index in [0.29, 0.717) is 18.2 Å². The predicted octanol–water partition coefficient (Wildman–Crippen LogP) is 3.20. The Bertz CT molecular complexity index is 428. The number of hydrogen-bond donors (Lipinski definition) is 1. The standard InChI is InChI=1S/C14H19Cl2NO/c1-10-4-5-11(2)12(6-10)7-13(18)17-14(3,8-15)9-16/h4-6H,7-9H2,1-3H3,(H,17,18). The monoisotopic (exact) mass is 287 g/mol. The molecule has 0 aliphatic heterocycles. The summed E-state index contributed by atoms with van der Waals surface area (Å²) in [7, 11) is 0. The van der Waals surface area contributed by atoms with E-state index < -0.39 is 5.54 Å². The molecule has 0 unspecified atom stereocenters.